The van der Waals surface area contributed by atoms with Gasteiger partial charge >= 0.3 is 0 Å². The van der Waals surface area contributed by atoms with Gasteiger partial charge in [0.1, 0.15) is 0 Å². The first kappa shape index (κ1) is 17.0. The van der Waals surface area contributed by atoms with Crippen LogP contribution < -0.4 is 0 Å². The molecule has 0 unspecified atom stereocenters. The van der Waals surface area contributed by atoms with Gasteiger partial charge < -0.3 is 0 Å². The minimum atomic E-state index is -0.892. The number of hydrogen-bond donors (Lipinski definition) is 0. The van der Waals surface area contributed by atoms with Crippen LogP contribution in [0.15, 0.2) is 52.7 Å². The van der Waals surface area contributed by atoms with Gasteiger partial charge in [-0.1, -0.05) is 50.1 Å². The molecule has 0 aromatic heterocycles. The lowest BCUT2D eigenvalue weighted by Gasteiger charge is -2.00. The molecular weight excluding hydrogens is 294 g/mol. The third-order valence-electron chi connectivity index (χ3n) is 3.47. The second kappa shape index (κ2) is 8.93. The van der Waals surface area contributed by atoms with Crippen molar-refractivity contribution in [2.45, 2.75) is 32.6 Å². The molecule has 0 atom stereocenters. The minimum Gasteiger partial charge on any atom is -0.204 e. The Hall–Kier alpha value is -2.36. The van der Waals surface area contributed by atoms with Crippen molar-refractivity contribution in [2.75, 3.05) is 0 Å². The number of aryl methyl sites for hydroxylation is 1. The molecule has 2 aromatic carbocycles. The average molecular weight is 314 g/mol. The lowest BCUT2D eigenvalue weighted by atomic mass is 10.1. The molecule has 23 heavy (non-hydrogen) atoms. The van der Waals surface area contributed by atoms with Crippen LogP contribution in [0, 0.1) is 11.6 Å². The fourth-order valence-electron chi connectivity index (χ4n) is 2.14. The molecule has 0 N–H and O–H groups in total. The van der Waals surface area contributed by atoms with Crippen molar-refractivity contribution in [2.24, 2.45) is 10.2 Å². The first-order chi connectivity index (χ1) is 11.2. The topological polar surface area (TPSA) is 24.7 Å². The molecule has 0 aliphatic carbocycles. The summed E-state index contributed by atoms with van der Waals surface area (Å²) < 4.78 is 25.8. The second-order valence-corrected chi connectivity index (χ2v) is 5.36. The number of unbranched alkanes of at least 4 members (excludes halogenated alkanes) is 2. The van der Waals surface area contributed by atoms with Crippen molar-refractivity contribution in [3.63, 3.8) is 0 Å². The zero-order valence-corrected chi connectivity index (χ0v) is 13.2. The molecule has 2 rings (SSSR count). The molecule has 0 amide bonds. The highest BCUT2D eigenvalue weighted by Gasteiger charge is 2.00. The molecule has 0 aliphatic rings. The van der Waals surface area contributed by atoms with E-state index in [1.807, 2.05) is 12.1 Å². The van der Waals surface area contributed by atoms with Crippen molar-refractivity contribution in [1.29, 1.82) is 0 Å². The fourth-order valence-corrected chi connectivity index (χ4v) is 2.14. The van der Waals surface area contributed by atoms with Crippen molar-refractivity contribution < 1.29 is 8.78 Å². The van der Waals surface area contributed by atoms with E-state index >= 15 is 0 Å². The Morgan fingerprint density at radius 1 is 0.826 bits per heavy atom. The van der Waals surface area contributed by atoms with Crippen LogP contribution in [0.5, 0.6) is 0 Å². The van der Waals surface area contributed by atoms with Crippen LogP contribution in [-0.2, 0) is 6.42 Å². The van der Waals surface area contributed by atoms with Crippen LogP contribution in [-0.4, -0.2) is 12.4 Å². The summed E-state index contributed by atoms with van der Waals surface area (Å²) in [6.07, 6.45) is 7.80. The number of rotatable bonds is 7. The molecule has 0 radical (unpaired) electrons. The second-order valence-electron chi connectivity index (χ2n) is 5.36. The zero-order chi connectivity index (χ0) is 16.5. The molecule has 0 heterocycles. The van der Waals surface area contributed by atoms with Gasteiger partial charge in [0, 0.05) is 0 Å². The molecule has 0 bridgehead atoms. The first-order valence-electron chi connectivity index (χ1n) is 7.79. The van der Waals surface area contributed by atoms with E-state index in [4.69, 9.17) is 0 Å². The van der Waals surface area contributed by atoms with Crippen LogP contribution in [0.2, 0.25) is 0 Å². The predicted molar refractivity (Wildman–Crippen MR) is 91.2 cm³/mol. The van der Waals surface area contributed by atoms with E-state index in [0.29, 0.717) is 5.56 Å². The fraction of sp³-hybridized carbons (Fsp3) is 0.263. The summed E-state index contributed by atoms with van der Waals surface area (Å²) in [6.45, 7) is 2.19. The van der Waals surface area contributed by atoms with Crippen LogP contribution in [0.1, 0.15) is 42.9 Å². The third-order valence-corrected chi connectivity index (χ3v) is 3.47. The highest BCUT2D eigenvalue weighted by Crippen LogP contribution is 2.08. The summed E-state index contributed by atoms with van der Waals surface area (Å²) >= 11 is 0. The lowest BCUT2D eigenvalue weighted by Crippen LogP contribution is -1.88. The first-order valence-corrected chi connectivity index (χ1v) is 7.79. The molecule has 2 aromatic rings. The van der Waals surface area contributed by atoms with Crippen molar-refractivity contribution in [3.8, 4) is 0 Å². The molecule has 0 fully saturated rings. The van der Waals surface area contributed by atoms with E-state index in [-0.39, 0.29) is 0 Å². The van der Waals surface area contributed by atoms with Gasteiger partial charge in [0.05, 0.1) is 12.4 Å². The largest absolute Gasteiger partial charge is 0.204 e. The Labute approximate surface area is 135 Å². The van der Waals surface area contributed by atoms with Crippen LogP contribution in [0.25, 0.3) is 0 Å². The van der Waals surface area contributed by atoms with E-state index in [2.05, 4.69) is 29.3 Å². The van der Waals surface area contributed by atoms with E-state index in [9.17, 15) is 8.78 Å². The molecule has 0 saturated heterocycles. The molecule has 120 valence electrons. The average Bonchev–Trinajstić information content (AvgIpc) is 2.56. The maximum absolute atomic E-state index is 13.0. The maximum atomic E-state index is 13.0. The Morgan fingerprint density at radius 3 is 2.13 bits per heavy atom. The van der Waals surface area contributed by atoms with Gasteiger partial charge in [-0.05, 0) is 41.7 Å². The molecule has 0 spiro atoms. The van der Waals surface area contributed by atoms with Crippen molar-refractivity contribution in [1.82, 2.24) is 0 Å². The lowest BCUT2D eigenvalue weighted by molar-refractivity contribution is 0.508. The zero-order valence-electron chi connectivity index (χ0n) is 13.2. The normalized spacial score (nSPS) is 11.6. The predicted octanol–water partition coefficient (Wildman–Crippen LogP) is 5.15. The smallest absolute Gasteiger partial charge is 0.159 e. The van der Waals surface area contributed by atoms with Crippen molar-refractivity contribution >= 4 is 12.4 Å². The summed E-state index contributed by atoms with van der Waals surface area (Å²) in [6, 6.07) is 11.8. The van der Waals surface area contributed by atoms with Crippen LogP contribution >= 0.6 is 0 Å². The Balaban J connectivity index is 1.89. The maximum Gasteiger partial charge on any atom is 0.159 e. The van der Waals surface area contributed by atoms with Gasteiger partial charge in [0.2, 0.25) is 0 Å². The molecule has 0 saturated carbocycles. The van der Waals surface area contributed by atoms with Gasteiger partial charge in [-0.3, -0.25) is 0 Å². The Morgan fingerprint density at radius 2 is 1.48 bits per heavy atom. The van der Waals surface area contributed by atoms with Gasteiger partial charge in [-0.2, -0.15) is 10.2 Å². The van der Waals surface area contributed by atoms with Gasteiger partial charge in [0.25, 0.3) is 0 Å². The Kier molecular flexibility index (Phi) is 6.60. The van der Waals surface area contributed by atoms with E-state index < -0.39 is 11.6 Å². The summed E-state index contributed by atoms with van der Waals surface area (Å²) in [5.74, 6) is -1.76. The number of halogens is 2. The highest BCUT2D eigenvalue weighted by atomic mass is 19.2. The van der Waals surface area contributed by atoms with Crippen molar-refractivity contribution in [3.05, 3.63) is 70.8 Å². The summed E-state index contributed by atoms with van der Waals surface area (Å²) in [5.41, 5.74) is 2.74. The Bertz CT molecular complexity index is 676. The van der Waals surface area contributed by atoms with E-state index in [1.54, 1.807) is 6.21 Å². The van der Waals surface area contributed by atoms with Gasteiger partial charge in [-0.15, -0.1) is 0 Å². The number of nitrogens with zero attached hydrogens (tertiary/aromatic N) is 2. The summed E-state index contributed by atoms with van der Waals surface area (Å²) in [4.78, 5) is 0. The van der Waals surface area contributed by atoms with Gasteiger partial charge in [0.15, 0.2) is 11.6 Å². The summed E-state index contributed by atoms with van der Waals surface area (Å²) in [7, 11) is 0. The third kappa shape index (κ3) is 5.74. The molecule has 0 aliphatic heterocycles. The summed E-state index contributed by atoms with van der Waals surface area (Å²) in [5, 5.41) is 7.77. The highest BCUT2D eigenvalue weighted by molar-refractivity contribution is 5.82. The standard InChI is InChI=1S/C19H20F2N2/c1-2-3-4-5-15-6-8-16(9-7-15)13-22-23-14-17-10-11-18(20)19(21)12-17/h6-14H,2-5H2,1H3. The van der Waals surface area contributed by atoms with E-state index in [0.717, 1.165) is 24.1 Å². The number of hydrogen-bond acceptors (Lipinski definition) is 2. The molecular formula is C19H20F2N2. The minimum absolute atomic E-state index is 0.465. The monoisotopic (exact) mass is 314 g/mol. The quantitative estimate of drug-likeness (QED) is 0.383. The SMILES string of the molecule is CCCCCc1ccc(C=NN=Cc2ccc(F)c(F)c2)cc1. The van der Waals surface area contributed by atoms with Crippen LogP contribution in [0.4, 0.5) is 8.78 Å². The van der Waals surface area contributed by atoms with Gasteiger partial charge in [-0.25, -0.2) is 8.78 Å². The molecule has 4 heteroatoms. The van der Waals surface area contributed by atoms with Crippen LogP contribution in [0.3, 0.4) is 0 Å². The number of benzene rings is 2. The molecule has 2 nitrogen and oxygen atoms in total. The van der Waals surface area contributed by atoms with E-state index in [1.165, 1.54) is 37.1 Å².